The van der Waals surface area contributed by atoms with Crippen LogP contribution in [0.25, 0.3) is 0 Å². The Morgan fingerprint density at radius 1 is 1.24 bits per heavy atom. The number of rotatable bonds is 7. The number of furan rings is 1. The van der Waals surface area contributed by atoms with Gasteiger partial charge in [-0.05, 0) is 42.8 Å². The van der Waals surface area contributed by atoms with Crippen molar-refractivity contribution in [1.29, 1.82) is 0 Å². The highest BCUT2D eigenvalue weighted by Gasteiger charge is 2.19. The minimum absolute atomic E-state index is 0.0363. The fraction of sp³-hybridized carbons (Fsp3) is 0.286. The summed E-state index contributed by atoms with van der Waals surface area (Å²) in [6, 6.07) is 9.91. The lowest BCUT2D eigenvalue weighted by Gasteiger charge is -2.14. The highest BCUT2D eigenvalue weighted by Crippen LogP contribution is 2.20. The number of benzene rings is 1. The first kappa shape index (κ1) is 16.2. The van der Waals surface area contributed by atoms with Crippen molar-refractivity contribution in [3.8, 4) is 0 Å². The van der Waals surface area contributed by atoms with Crippen LogP contribution in [-0.4, -0.2) is 26.7 Å². The molecule has 0 fully saturated rings. The molecule has 2 rings (SSSR count). The van der Waals surface area contributed by atoms with E-state index in [0.29, 0.717) is 12.2 Å². The summed E-state index contributed by atoms with van der Waals surface area (Å²) in [5.74, 6) is 0.456. The van der Waals surface area contributed by atoms with Gasteiger partial charge >= 0.3 is 0 Å². The molecule has 0 bridgehead atoms. The summed E-state index contributed by atoms with van der Waals surface area (Å²) in [7, 11) is -3.58. The molecule has 0 saturated heterocycles. The summed E-state index contributed by atoms with van der Waals surface area (Å²) in [5.41, 5.74) is 0. The van der Waals surface area contributed by atoms with E-state index in [1.54, 1.807) is 24.3 Å². The Morgan fingerprint density at radius 2 is 1.95 bits per heavy atom. The SMILES string of the molecule is O=S(=O)(NC[C@H](CCO)c1ccco1)c1ccc(Br)cc1. The first-order chi connectivity index (χ1) is 10.0. The van der Waals surface area contributed by atoms with Crippen molar-refractivity contribution in [1.82, 2.24) is 4.72 Å². The van der Waals surface area contributed by atoms with Gasteiger partial charge in [0.1, 0.15) is 5.76 Å². The molecule has 114 valence electrons. The second-order valence-corrected chi connectivity index (χ2v) is 7.21. The summed E-state index contributed by atoms with van der Waals surface area (Å²) in [5, 5.41) is 9.09. The van der Waals surface area contributed by atoms with Crippen LogP contribution < -0.4 is 4.72 Å². The maximum absolute atomic E-state index is 12.2. The smallest absolute Gasteiger partial charge is 0.240 e. The molecule has 0 spiro atoms. The molecule has 1 atom stereocenters. The van der Waals surface area contributed by atoms with Gasteiger partial charge in [0.15, 0.2) is 0 Å². The maximum Gasteiger partial charge on any atom is 0.240 e. The van der Waals surface area contributed by atoms with Crippen molar-refractivity contribution in [2.45, 2.75) is 17.2 Å². The summed E-state index contributed by atoms with van der Waals surface area (Å²) >= 11 is 3.27. The topological polar surface area (TPSA) is 79.5 Å². The molecule has 2 aromatic rings. The van der Waals surface area contributed by atoms with Crippen molar-refractivity contribution >= 4 is 26.0 Å². The molecular formula is C14H16BrNO4S. The van der Waals surface area contributed by atoms with E-state index in [9.17, 15) is 8.42 Å². The van der Waals surface area contributed by atoms with Crippen molar-refractivity contribution in [2.75, 3.05) is 13.2 Å². The molecule has 7 heteroatoms. The molecule has 0 aliphatic heterocycles. The number of nitrogens with one attached hydrogen (secondary N) is 1. The Bertz CT molecular complexity index is 653. The number of sulfonamides is 1. The molecule has 0 aliphatic rings. The highest BCUT2D eigenvalue weighted by molar-refractivity contribution is 9.10. The highest BCUT2D eigenvalue weighted by atomic mass is 79.9. The van der Waals surface area contributed by atoms with Gasteiger partial charge in [-0.2, -0.15) is 0 Å². The molecule has 0 unspecified atom stereocenters. The Hall–Kier alpha value is -1.15. The van der Waals surface area contributed by atoms with Crippen molar-refractivity contribution in [3.05, 3.63) is 52.9 Å². The molecule has 0 radical (unpaired) electrons. The normalized spacial score (nSPS) is 13.2. The number of aliphatic hydroxyl groups is 1. The van der Waals surface area contributed by atoms with Crippen molar-refractivity contribution < 1.29 is 17.9 Å². The first-order valence-corrected chi connectivity index (χ1v) is 8.70. The van der Waals surface area contributed by atoms with E-state index < -0.39 is 10.0 Å². The third kappa shape index (κ3) is 4.41. The molecule has 1 aromatic carbocycles. The van der Waals surface area contributed by atoms with E-state index in [0.717, 1.165) is 4.47 Å². The molecule has 5 nitrogen and oxygen atoms in total. The standard InChI is InChI=1S/C14H16BrNO4S/c15-12-3-5-13(6-4-12)21(18,19)16-10-11(7-8-17)14-2-1-9-20-14/h1-6,9,11,16-17H,7-8,10H2/t11-/m0/s1. The molecule has 0 saturated carbocycles. The van der Waals surface area contributed by atoms with E-state index in [1.807, 2.05) is 0 Å². The zero-order valence-corrected chi connectivity index (χ0v) is 13.6. The zero-order valence-electron chi connectivity index (χ0n) is 11.2. The lowest BCUT2D eigenvalue weighted by molar-refractivity contribution is 0.267. The summed E-state index contributed by atoms with van der Waals surface area (Å²) in [4.78, 5) is 0.202. The van der Waals surface area contributed by atoms with Crippen LogP contribution in [0.3, 0.4) is 0 Å². The van der Waals surface area contributed by atoms with Crippen LogP contribution in [0.1, 0.15) is 18.1 Å². The summed E-state index contributed by atoms with van der Waals surface area (Å²) < 4.78 is 33.1. The van der Waals surface area contributed by atoms with Crippen molar-refractivity contribution in [2.24, 2.45) is 0 Å². The van der Waals surface area contributed by atoms with Crippen LogP contribution in [0.4, 0.5) is 0 Å². The predicted molar refractivity (Wildman–Crippen MR) is 82.5 cm³/mol. The maximum atomic E-state index is 12.2. The van der Waals surface area contributed by atoms with E-state index in [-0.39, 0.29) is 24.0 Å². The largest absolute Gasteiger partial charge is 0.469 e. The Morgan fingerprint density at radius 3 is 2.52 bits per heavy atom. The average molecular weight is 374 g/mol. The Balaban J connectivity index is 2.07. The van der Waals surface area contributed by atoms with Crippen LogP contribution in [-0.2, 0) is 10.0 Å². The number of aliphatic hydroxyl groups excluding tert-OH is 1. The van der Waals surface area contributed by atoms with Crippen LogP contribution in [0.5, 0.6) is 0 Å². The van der Waals surface area contributed by atoms with Gasteiger partial charge in [-0.3, -0.25) is 0 Å². The minimum Gasteiger partial charge on any atom is -0.469 e. The second kappa shape index (κ2) is 7.22. The van der Waals surface area contributed by atoms with E-state index in [4.69, 9.17) is 9.52 Å². The molecule has 1 heterocycles. The molecule has 1 aromatic heterocycles. The van der Waals surface area contributed by atoms with Crippen LogP contribution in [0.15, 0.2) is 56.4 Å². The van der Waals surface area contributed by atoms with Gasteiger partial charge in [-0.1, -0.05) is 15.9 Å². The summed E-state index contributed by atoms with van der Waals surface area (Å²) in [6.07, 6.45) is 1.96. The molecule has 2 N–H and O–H groups in total. The van der Waals surface area contributed by atoms with Gasteiger partial charge in [0.25, 0.3) is 0 Å². The Kier molecular flexibility index (Phi) is 5.58. The molecule has 0 amide bonds. The zero-order chi connectivity index (χ0) is 15.3. The Labute approximate surface area is 132 Å². The second-order valence-electron chi connectivity index (χ2n) is 4.53. The van der Waals surface area contributed by atoms with E-state index >= 15 is 0 Å². The van der Waals surface area contributed by atoms with Gasteiger partial charge in [-0.15, -0.1) is 0 Å². The lowest BCUT2D eigenvalue weighted by atomic mass is 10.0. The van der Waals surface area contributed by atoms with Gasteiger partial charge in [0, 0.05) is 23.5 Å². The fourth-order valence-corrected chi connectivity index (χ4v) is 3.28. The lowest BCUT2D eigenvalue weighted by Crippen LogP contribution is -2.28. The van der Waals surface area contributed by atoms with Gasteiger partial charge in [0.2, 0.25) is 10.0 Å². The van der Waals surface area contributed by atoms with Crippen LogP contribution in [0, 0.1) is 0 Å². The minimum atomic E-state index is -3.58. The average Bonchev–Trinajstić information content (AvgIpc) is 2.98. The third-order valence-electron chi connectivity index (χ3n) is 3.07. The fourth-order valence-electron chi connectivity index (χ4n) is 1.93. The van der Waals surface area contributed by atoms with Gasteiger partial charge in [0.05, 0.1) is 11.2 Å². The van der Waals surface area contributed by atoms with E-state index in [2.05, 4.69) is 20.7 Å². The quantitative estimate of drug-likeness (QED) is 0.781. The monoisotopic (exact) mass is 373 g/mol. The first-order valence-electron chi connectivity index (χ1n) is 6.42. The number of halogens is 1. The summed E-state index contributed by atoms with van der Waals surface area (Å²) in [6.45, 7) is 0.137. The molecule has 0 aliphatic carbocycles. The number of hydrogen-bond donors (Lipinski definition) is 2. The third-order valence-corrected chi connectivity index (χ3v) is 5.03. The molecular weight excluding hydrogens is 358 g/mol. The van der Waals surface area contributed by atoms with Gasteiger partial charge < -0.3 is 9.52 Å². The van der Waals surface area contributed by atoms with Crippen LogP contribution in [0.2, 0.25) is 0 Å². The number of hydrogen-bond acceptors (Lipinski definition) is 4. The van der Waals surface area contributed by atoms with Crippen molar-refractivity contribution in [3.63, 3.8) is 0 Å². The van der Waals surface area contributed by atoms with Crippen LogP contribution >= 0.6 is 15.9 Å². The van der Waals surface area contributed by atoms with Gasteiger partial charge in [-0.25, -0.2) is 13.1 Å². The predicted octanol–water partition coefficient (Wildman–Crippen LogP) is 2.49. The van der Waals surface area contributed by atoms with E-state index in [1.165, 1.54) is 18.4 Å². The molecule has 21 heavy (non-hydrogen) atoms.